The Kier molecular flexibility index (Phi) is 4.21. The first-order valence-electron chi connectivity index (χ1n) is 5.96. The van der Waals surface area contributed by atoms with Crippen molar-refractivity contribution in [1.82, 2.24) is 0 Å². The van der Waals surface area contributed by atoms with E-state index in [0.29, 0.717) is 5.92 Å². The fourth-order valence-corrected chi connectivity index (χ4v) is 2.01. The molecule has 2 nitrogen and oxygen atoms in total. The van der Waals surface area contributed by atoms with E-state index in [-0.39, 0.29) is 0 Å². The van der Waals surface area contributed by atoms with E-state index in [9.17, 15) is 0 Å². The summed E-state index contributed by atoms with van der Waals surface area (Å²) in [6.07, 6.45) is 9.90. The van der Waals surface area contributed by atoms with Gasteiger partial charge in [-0.25, -0.2) is 0 Å². The molecule has 1 aliphatic rings. The molecule has 0 bridgehead atoms. The minimum absolute atomic E-state index is 0.563. The van der Waals surface area contributed by atoms with Crippen molar-refractivity contribution >= 4 is 23.5 Å². The Labute approximate surface area is 107 Å². The number of hydrazone groups is 1. The Balaban J connectivity index is 1.90. The summed E-state index contributed by atoms with van der Waals surface area (Å²) in [6, 6.07) is 5.87. The highest BCUT2D eigenvalue weighted by atomic mass is 35.5. The van der Waals surface area contributed by atoms with Crippen molar-refractivity contribution in [2.45, 2.75) is 26.2 Å². The summed E-state index contributed by atoms with van der Waals surface area (Å²) in [5.41, 5.74) is 5.04. The fourth-order valence-electron chi connectivity index (χ4n) is 1.83. The monoisotopic (exact) mass is 248 g/mol. The average Bonchev–Trinajstić information content (AvgIpc) is 2.35. The highest BCUT2D eigenvalue weighted by Gasteiger charge is 2.06. The van der Waals surface area contributed by atoms with E-state index in [0.717, 1.165) is 29.1 Å². The summed E-state index contributed by atoms with van der Waals surface area (Å²) < 4.78 is 0. The number of aryl methyl sites for hydroxylation is 1. The lowest BCUT2D eigenvalue weighted by Gasteiger charge is -2.12. The van der Waals surface area contributed by atoms with Crippen molar-refractivity contribution in [2.75, 3.05) is 5.43 Å². The zero-order valence-corrected chi connectivity index (χ0v) is 10.7. The van der Waals surface area contributed by atoms with Crippen molar-refractivity contribution in [3.8, 4) is 0 Å². The van der Waals surface area contributed by atoms with Crippen LogP contribution in [-0.4, -0.2) is 6.21 Å². The second-order valence-corrected chi connectivity index (χ2v) is 4.81. The molecule has 17 heavy (non-hydrogen) atoms. The van der Waals surface area contributed by atoms with Crippen LogP contribution in [0.2, 0.25) is 5.02 Å². The molecule has 1 atom stereocenters. The Morgan fingerprint density at radius 3 is 3.00 bits per heavy atom. The zero-order chi connectivity index (χ0) is 12.1. The molecule has 1 aromatic rings. The van der Waals surface area contributed by atoms with Crippen molar-refractivity contribution in [3.63, 3.8) is 0 Å². The van der Waals surface area contributed by atoms with Crippen LogP contribution in [0.25, 0.3) is 0 Å². The topological polar surface area (TPSA) is 24.4 Å². The maximum atomic E-state index is 6.04. The molecule has 0 aliphatic heterocycles. The number of nitrogens with one attached hydrogen (secondary N) is 1. The van der Waals surface area contributed by atoms with Crippen molar-refractivity contribution in [1.29, 1.82) is 0 Å². The third-order valence-electron chi connectivity index (χ3n) is 2.96. The molecule has 1 N–H and O–H groups in total. The van der Waals surface area contributed by atoms with E-state index in [2.05, 4.69) is 22.7 Å². The van der Waals surface area contributed by atoms with E-state index < -0.39 is 0 Å². The third kappa shape index (κ3) is 3.60. The number of nitrogens with zero attached hydrogens (tertiary/aromatic N) is 1. The molecule has 0 spiro atoms. The predicted molar refractivity (Wildman–Crippen MR) is 74.8 cm³/mol. The maximum absolute atomic E-state index is 6.04. The molecule has 90 valence electrons. The highest BCUT2D eigenvalue weighted by molar-refractivity contribution is 6.31. The molecule has 2 rings (SSSR count). The van der Waals surface area contributed by atoms with Crippen LogP contribution in [0.5, 0.6) is 0 Å². The molecular formula is C14H17ClN2. The summed E-state index contributed by atoms with van der Waals surface area (Å²) in [4.78, 5) is 0. The number of halogens is 1. The molecule has 0 aromatic heterocycles. The van der Waals surface area contributed by atoms with Crippen molar-refractivity contribution < 1.29 is 0 Å². The van der Waals surface area contributed by atoms with Gasteiger partial charge in [0.2, 0.25) is 0 Å². The number of hydrogen-bond donors (Lipinski definition) is 1. The molecule has 0 heterocycles. The van der Waals surface area contributed by atoms with E-state index in [1.165, 1.54) is 6.42 Å². The first-order chi connectivity index (χ1) is 8.25. The molecule has 3 heteroatoms. The predicted octanol–water partition coefficient (Wildman–Crippen LogP) is 4.40. The third-order valence-corrected chi connectivity index (χ3v) is 3.37. The molecule has 0 saturated heterocycles. The van der Waals surface area contributed by atoms with E-state index in [4.69, 9.17) is 11.6 Å². The Morgan fingerprint density at radius 1 is 1.41 bits per heavy atom. The number of rotatable bonds is 3. The second-order valence-electron chi connectivity index (χ2n) is 4.40. The van der Waals surface area contributed by atoms with Gasteiger partial charge in [-0.3, -0.25) is 5.43 Å². The smallest absolute Gasteiger partial charge is 0.0576 e. The molecular weight excluding hydrogens is 232 g/mol. The minimum atomic E-state index is 0.563. The lowest BCUT2D eigenvalue weighted by atomic mass is 9.96. The van der Waals surface area contributed by atoms with Gasteiger partial charge >= 0.3 is 0 Å². The fraction of sp³-hybridized carbons (Fsp3) is 0.357. The van der Waals surface area contributed by atoms with Gasteiger partial charge in [0.15, 0.2) is 0 Å². The largest absolute Gasteiger partial charge is 0.279 e. The van der Waals surface area contributed by atoms with Crippen LogP contribution in [-0.2, 0) is 0 Å². The van der Waals surface area contributed by atoms with Gasteiger partial charge in [-0.2, -0.15) is 5.10 Å². The van der Waals surface area contributed by atoms with Gasteiger partial charge in [-0.1, -0.05) is 29.8 Å². The van der Waals surface area contributed by atoms with E-state index >= 15 is 0 Å². The van der Waals surface area contributed by atoms with Gasteiger partial charge in [0.05, 0.1) is 5.69 Å². The Bertz CT molecular complexity index is 438. The van der Waals surface area contributed by atoms with Crippen molar-refractivity contribution in [3.05, 3.63) is 40.9 Å². The van der Waals surface area contributed by atoms with Crippen LogP contribution in [0.4, 0.5) is 5.69 Å². The van der Waals surface area contributed by atoms with Crippen LogP contribution in [0.3, 0.4) is 0 Å². The zero-order valence-electron chi connectivity index (χ0n) is 9.99. The second kappa shape index (κ2) is 5.87. The summed E-state index contributed by atoms with van der Waals surface area (Å²) in [5.74, 6) is 0.563. The van der Waals surface area contributed by atoms with Gasteiger partial charge in [0.25, 0.3) is 0 Å². The normalized spacial score (nSPS) is 19.8. The van der Waals surface area contributed by atoms with Crippen LogP contribution < -0.4 is 5.43 Å². The van der Waals surface area contributed by atoms with Gasteiger partial charge in [0.1, 0.15) is 0 Å². The number of allylic oxidation sites excluding steroid dienone is 2. The standard InChI is InChI=1S/C14H17ClN2/c1-11-7-8-13(9-14(11)15)17-16-10-12-5-3-2-4-6-12/h2-3,7-10,12,17H,4-6H2,1H3/b16-10-/t12-/m1/s1. The molecule has 0 saturated carbocycles. The summed E-state index contributed by atoms with van der Waals surface area (Å²) in [6.45, 7) is 1.99. The Morgan fingerprint density at radius 2 is 2.29 bits per heavy atom. The van der Waals surface area contributed by atoms with E-state index in [1.807, 2.05) is 31.3 Å². The quantitative estimate of drug-likeness (QED) is 0.479. The SMILES string of the molecule is Cc1ccc(N/N=C\[C@@H]2CC=CCC2)cc1Cl. The van der Waals surface area contributed by atoms with Crippen LogP contribution in [0.1, 0.15) is 24.8 Å². The lowest BCUT2D eigenvalue weighted by Crippen LogP contribution is -2.05. The van der Waals surface area contributed by atoms with Crippen LogP contribution >= 0.6 is 11.6 Å². The number of hydrogen-bond acceptors (Lipinski definition) is 2. The number of anilines is 1. The minimum Gasteiger partial charge on any atom is -0.279 e. The van der Waals surface area contributed by atoms with Gasteiger partial charge in [-0.05, 0) is 49.8 Å². The van der Waals surface area contributed by atoms with Gasteiger partial charge < -0.3 is 0 Å². The first-order valence-corrected chi connectivity index (χ1v) is 6.34. The van der Waals surface area contributed by atoms with Crippen LogP contribution in [0, 0.1) is 12.8 Å². The Hall–Kier alpha value is -1.28. The first kappa shape index (κ1) is 12.2. The molecule has 1 aliphatic carbocycles. The summed E-state index contributed by atoms with van der Waals surface area (Å²) in [5, 5.41) is 5.04. The summed E-state index contributed by atoms with van der Waals surface area (Å²) in [7, 11) is 0. The number of benzene rings is 1. The summed E-state index contributed by atoms with van der Waals surface area (Å²) >= 11 is 6.04. The maximum Gasteiger partial charge on any atom is 0.0576 e. The molecule has 0 unspecified atom stereocenters. The molecule has 0 amide bonds. The average molecular weight is 249 g/mol. The van der Waals surface area contributed by atoms with E-state index in [1.54, 1.807) is 0 Å². The van der Waals surface area contributed by atoms with Crippen LogP contribution in [0.15, 0.2) is 35.5 Å². The lowest BCUT2D eigenvalue weighted by molar-refractivity contribution is 0.627. The highest BCUT2D eigenvalue weighted by Crippen LogP contribution is 2.20. The van der Waals surface area contributed by atoms with Gasteiger partial charge in [0, 0.05) is 11.2 Å². The van der Waals surface area contributed by atoms with Gasteiger partial charge in [-0.15, -0.1) is 0 Å². The van der Waals surface area contributed by atoms with Crippen molar-refractivity contribution in [2.24, 2.45) is 11.0 Å². The molecule has 1 aromatic carbocycles. The molecule has 0 radical (unpaired) electrons. The molecule has 0 fully saturated rings.